The molecular formula is C22H26N2. The largest absolute Gasteiger partial charge is 0.299 e. The Morgan fingerprint density at radius 1 is 0.958 bits per heavy atom. The van der Waals surface area contributed by atoms with Gasteiger partial charge in [0.05, 0.1) is 6.07 Å². The summed E-state index contributed by atoms with van der Waals surface area (Å²) in [5.74, 6) is 0. The number of hydrogen-bond acceptors (Lipinski definition) is 2. The van der Waals surface area contributed by atoms with Crippen LogP contribution >= 0.6 is 0 Å². The Bertz CT molecular complexity index is 674. The zero-order chi connectivity index (χ0) is 16.8. The molecule has 0 amide bonds. The third-order valence-corrected chi connectivity index (χ3v) is 5.59. The maximum atomic E-state index is 9.07. The van der Waals surface area contributed by atoms with Gasteiger partial charge in [-0.05, 0) is 54.5 Å². The maximum absolute atomic E-state index is 9.07. The Balaban J connectivity index is 1.59. The van der Waals surface area contributed by atoms with Crippen molar-refractivity contribution in [3.05, 3.63) is 60.2 Å². The van der Waals surface area contributed by atoms with Gasteiger partial charge in [-0.15, -0.1) is 0 Å². The van der Waals surface area contributed by atoms with Gasteiger partial charge in [0.15, 0.2) is 0 Å². The predicted octanol–water partition coefficient (Wildman–Crippen LogP) is 5.26. The summed E-state index contributed by atoms with van der Waals surface area (Å²) in [6, 6.07) is 21.9. The van der Waals surface area contributed by atoms with E-state index in [-0.39, 0.29) is 5.41 Å². The van der Waals surface area contributed by atoms with Crippen molar-refractivity contribution in [2.75, 3.05) is 13.1 Å². The molecule has 0 aliphatic carbocycles. The van der Waals surface area contributed by atoms with E-state index in [1.54, 1.807) is 0 Å². The van der Waals surface area contributed by atoms with Crippen molar-refractivity contribution in [1.82, 2.24) is 4.90 Å². The van der Waals surface area contributed by atoms with Gasteiger partial charge >= 0.3 is 0 Å². The fourth-order valence-electron chi connectivity index (χ4n) is 3.70. The van der Waals surface area contributed by atoms with Gasteiger partial charge in [-0.3, -0.25) is 4.90 Å². The first-order valence-electron chi connectivity index (χ1n) is 8.98. The molecule has 0 saturated carbocycles. The number of nitriles is 1. The van der Waals surface area contributed by atoms with Crippen LogP contribution in [-0.2, 0) is 6.54 Å². The molecule has 24 heavy (non-hydrogen) atoms. The van der Waals surface area contributed by atoms with Gasteiger partial charge in [0.2, 0.25) is 0 Å². The van der Waals surface area contributed by atoms with Gasteiger partial charge in [0, 0.05) is 13.0 Å². The van der Waals surface area contributed by atoms with Crippen molar-refractivity contribution in [3.63, 3.8) is 0 Å². The molecule has 2 nitrogen and oxygen atoms in total. The highest BCUT2D eigenvalue weighted by atomic mass is 15.1. The Labute approximate surface area is 145 Å². The Kier molecular flexibility index (Phi) is 5.33. The summed E-state index contributed by atoms with van der Waals surface area (Å²) < 4.78 is 0. The second kappa shape index (κ2) is 7.64. The van der Waals surface area contributed by atoms with Crippen LogP contribution in [-0.4, -0.2) is 18.0 Å². The molecule has 1 aliphatic heterocycles. The van der Waals surface area contributed by atoms with Crippen LogP contribution in [0.1, 0.15) is 38.2 Å². The van der Waals surface area contributed by atoms with E-state index >= 15 is 0 Å². The van der Waals surface area contributed by atoms with Gasteiger partial charge in [0.1, 0.15) is 0 Å². The molecule has 1 fully saturated rings. The minimum absolute atomic E-state index is 0.266. The lowest BCUT2D eigenvalue weighted by atomic mass is 9.74. The molecule has 0 unspecified atom stereocenters. The van der Waals surface area contributed by atoms with E-state index in [1.165, 1.54) is 16.7 Å². The fraction of sp³-hybridized carbons (Fsp3) is 0.409. The third-order valence-electron chi connectivity index (χ3n) is 5.59. The fourth-order valence-corrected chi connectivity index (χ4v) is 3.70. The third kappa shape index (κ3) is 3.86. The summed E-state index contributed by atoms with van der Waals surface area (Å²) in [5.41, 5.74) is 4.19. The van der Waals surface area contributed by atoms with Crippen LogP contribution in [0.5, 0.6) is 0 Å². The number of rotatable bonds is 5. The highest BCUT2D eigenvalue weighted by Gasteiger charge is 2.32. The molecule has 2 heteroatoms. The van der Waals surface area contributed by atoms with E-state index in [1.807, 2.05) is 0 Å². The Morgan fingerprint density at radius 3 is 2.17 bits per heavy atom. The van der Waals surface area contributed by atoms with E-state index < -0.39 is 0 Å². The van der Waals surface area contributed by atoms with Crippen molar-refractivity contribution in [2.24, 2.45) is 5.41 Å². The minimum Gasteiger partial charge on any atom is -0.299 e. The number of hydrogen-bond donors (Lipinski definition) is 0. The maximum Gasteiger partial charge on any atom is 0.0627 e. The first kappa shape index (κ1) is 16.7. The van der Waals surface area contributed by atoms with Crippen LogP contribution in [0.2, 0.25) is 0 Å². The quantitative estimate of drug-likeness (QED) is 0.752. The molecule has 0 N–H and O–H groups in total. The lowest BCUT2D eigenvalue weighted by Crippen LogP contribution is -2.39. The van der Waals surface area contributed by atoms with Gasteiger partial charge in [0.25, 0.3) is 0 Å². The highest BCUT2D eigenvalue weighted by Crippen LogP contribution is 2.38. The van der Waals surface area contributed by atoms with E-state index in [2.05, 4.69) is 72.5 Å². The average Bonchev–Trinajstić information content (AvgIpc) is 2.65. The Hall–Kier alpha value is -2.11. The van der Waals surface area contributed by atoms with Crippen LogP contribution < -0.4 is 0 Å². The van der Waals surface area contributed by atoms with Crippen LogP contribution in [0.3, 0.4) is 0 Å². The molecule has 1 heterocycles. The van der Waals surface area contributed by atoms with Crippen molar-refractivity contribution in [1.29, 1.82) is 5.26 Å². The summed E-state index contributed by atoms with van der Waals surface area (Å²) >= 11 is 0. The number of likely N-dealkylation sites (tertiary alicyclic amines) is 1. The van der Waals surface area contributed by atoms with Crippen molar-refractivity contribution >= 4 is 0 Å². The molecule has 0 bridgehead atoms. The topological polar surface area (TPSA) is 27.0 Å². The summed E-state index contributed by atoms with van der Waals surface area (Å²) in [5, 5.41) is 9.07. The van der Waals surface area contributed by atoms with Gasteiger partial charge in [-0.25, -0.2) is 0 Å². The number of piperidine rings is 1. The van der Waals surface area contributed by atoms with E-state index in [4.69, 9.17) is 5.26 Å². The zero-order valence-corrected chi connectivity index (χ0v) is 14.5. The Morgan fingerprint density at radius 2 is 1.58 bits per heavy atom. The zero-order valence-electron chi connectivity index (χ0n) is 14.5. The molecule has 2 aromatic carbocycles. The summed E-state index contributed by atoms with van der Waals surface area (Å²) in [7, 11) is 0. The molecule has 0 spiro atoms. The average molecular weight is 318 g/mol. The first-order chi connectivity index (χ1) is 11.7. The van der Waals surface area contributed by atoms with Crippen molar-refractivity contribution in [3.8, 4) is 17.2 Å². The summed E-state index contributed by atoms with van der Waals surface area (Å²) in [6.07, 6.45) is 4.14. The first-order valence-corrected chi connectivity index (χ1v) is 8.98. The van der Waals surface area contributed by atoms with Gasteiger partial charge < -0.3 is 0 Å². The van der Waals surface area contributed by atoms with Crippen molar-refractivity contribution in [2.45, 2.75) is 39.2 Å². The minimum atomic E-state index is 0.266. The van der Waals surface area contributed by atoms with E-state index in [0.717, 1.165) is 38.9 Å². The molecule has 2 aromatic rings. The molecule has 0 atom stereocenters. The molecule has 1 saturated heterocycles. The number of nitrogens with zero attached hydrogens (tertiary/aromatic N) is 2. The molecule has 124 valence electrons. The summed E-state index contributed by atoms with van der Waals surface area (Å²) in [4.78, 5) is 2.53. The molecular weight excluding hydrogens is 292 g/mol. The molecule has 0 radical (unpaired) electrons. The van der Waals surface area contributed by atoms with Crippen LogP contribution in [0.4, 0.5) is 0 Å². The van der Waals surface area contributed by atoms with Gasteiger partial charge in [-0.2, -0.15) is 5.26 Å². The van der Waals surface area contributed by atoms with Crippen molar-refractivity contribution < 1.29 is 0 Å². The van der Waals surface area contributed by atoms with E-state index in [0.29, 0.717) is 6.42 Å². The standard InChI is InChI=1S/C22H26N2/c1-2-22(12-15-23)13-16-24(17-14-22)18-19-8-10-21(11-9-19)20-6-4-3-5-7-20/h3-11H,2,12-14,16-18H2,1H3. The summed E-state index contributed by atoms with van der Waals surface area (Å²) in [6.45, 7) is 5.46. The number of benzene rings is 2. The second-order valence-electron chi connectivity index (χ2n) is 7.03. The second-order valence-corrected chi connectivity index (χ2v) is 7.03. The van der Waals surface area contributed by atoms with Crippen LogP contribution in [0.25, 0.3) is 11.1 Å². The smallest absolute Gasteiger partial charge is 0.0627 e. The van der Waals surface area contributed by atoms with Crippen LogP contribution in [0.15, 0.2) is 54.6 Å². The van der Waals surface area contributed by atoms with Gasteiger partial charge in [-0.1, -0.05) is 61.5 Å². The molecule has 1 aliphatic rings. The lowest BCUT2D eigenvalue weighted by Gasteiger charge is -2.40. The lowest BCUT2D eigenvalue weighted by molar-refractivity contribution is 0.0980. The SMILES string of the molecule is CCC1(CC#N)CCN(Cc2ccc(-c3ccccc3)cc2)CC1. The normalized spacial score (nSPS) is 17.3. The molecule has 3 rings (SSSR count). The van der Waals surface area contributed by atoms with Crippen LogP contribution in [0, 0.1) is 16.7 Å². The predicted molar refractivity (Wildman–Crippen MR) is 99.3 cm³/mol. The van der Waals surface area contributed by atoms with E-state index in [9.17, 15) is 0 Å². The molecule has 0 aromatic heterocycles. The monoisotopic (exact) mass is 318 g/mol. The highest BCUT2D eigenvalue weighted by molar-refractivity contribution is 5.63.